The molecule has 19 heavy (non-hydrogen) atoms. The van der Waals surface area contributed by atoms with Crippen LogP contribution in [0, 0.1) is 10.1 Å². The van der Waals surface area contributed by atoms with Crippen molar-refractivity contribution in [2.45, 2.75) is 19.4 Å². The smallest absolute Gasteiger partial charge is 0.358 e. The summed E-state index contributed by atoms with van der Waals surface area (Å²) in [6.45, 7) is 1.85. The molecular weight excluding hydrogens is 246 g/mol. The Kier molecular flexibility index (Phi) is 3.70. The molecule has 0 spiro atoms. The van der Waals surface area contributed by atoms with Gasteiger partial charge in [0.2, 0.25) is 0 Å². The predicted octanol–water partition coefficient (Wildman–Crippen LogP) is 2.63. The fourth-order valence-corrected chi connectivity index (χ4v) is 1.89. The van der Waals surface area contributed by atoms with Gasteiger partial charge >= 0.3 is 5.82 Å². The van der Waals surface area contributed by atoms with Gasteiger partial charge in [0.05, 0.1) is 17.4 Å². The quantitative estimate of drug-likeness (QED) is 0.469. The number of ketones is 1. The minimum absolute atomic E-state index is 0.0962. The molecule has 0 bridgehead atoms. The fourth-order valence-electron chi connectivity index (χ4n) is 1.89. The molecule has 6 heteroatoms. The fraction of sp³-hybridized carbons (Fsp3) is 0.231. The first-order valence-electron chi connectivity index (χ1n) is 5.92. The van der Waals surface area contributed by atoms with Crippen LogP contribution in [-0.2, 0) is 0 Å². The minimum atomic E-state index is -0.573. The van der Waals surface area contributed by atoms with Crippen molar-refractivity contribution in [2.24, 2.45) is 0 Å². The van der Waals surface area contributed by atoms with Gasteiger partial charge in [-0.05, 0) is 11.3 Å². The summed E-state index contributed by atoms with van der Waals surface area (Å²) in [5.74, 6) is -0.347. The summed E-state index contributed by atoms with van der Waals surface area (Å²) >= 11 is 0. The van der Waals surface area contributed by atoms with Crippen LogP contribution in [0.3, 0.4) is 0 Å². The SMILES string of the molecule is CCC(C(=O)c1ccccc1)n1ccc([N+](=O)[O-])n1. The number of aromatic nitrogens is 2. The van der Waals surface area contributed by atoms with Crippen molar-refractivity contribution in [3.63, 3.8) is 0 Å². The molecule has 2 rings (SSSR count). The lowest BCUT2D eigenvalue weighted by Gasteiger charge is -2.10. The largest absolute Gasteiger partial charge is 0.389 e. The Balaban J connectivity index is 2.29. The van der Waals surface area contributed by atoms with Gasteiger partial charge in [-0.2, -0.15) is 4.68 Å². The summed E-state index contributed by atoms with van der Waals surface area (Å²) in [7, 11) is 0. The van der Waals surface area contributed by atoms with E-state index in [-0.39, 0.29) is 11.6 Å². The number of rotatable bonds is 5. The lowest BCUT2D eigenvalue weighted by Crippen LogP contribution is -2.19. The van der Waals surface area contributed by atoms with Gasteiger partial charge in [-0.1, -0.05) is 37.3 Å². The molecule has 0 aliphatic heterocycles. The molecule has 0 radical (unpaired) electrons. The van der Waals surface area contributed by atoms with E-state index in [1.165, 1.54) is 16.9 Å². The Morgan fingerprint density at radius 1 is 1.37 bits per heavy atom. The average Bonchev–Trinajstić information content (AvgIpc) is 2.90. The van der Waals surface area contributed by atoms with Gasteiger partial charge < -0.3 is 10.1 Å². The van der Waals surface area contributed by atoms with Crippen molar-refractivity contribution < 1.29 is 9.72 Å². The van der Waals surface area contributed by atoms with Crippen LogP contribution >= 0.6 is 0 Å². The van der Waals surface area contributed by atoms with Crippen molar-refractivity contribution in [1.82, 2.24) is 9.78 Å². The van der Waals surface area contributed by atoms with Crippen molar-refractivity contribution in [2.75, 3.05) is 0 Å². The standard InChI is InChI=1S/C13H13N3O3/c1-2-11(13(17)10-6-4-3-5-7-10)15-9-8-12(14-15)16(18)19/h3-9,11H,2H2,1H3. The number of benzene rings is 1. The van der Waals surface area contributed by atoms with Gasteiger partial charge in [-0.25, -0.2) is 0 Å². The summed E-state index contributed by atoms with van der Waals surface area (Å²) in [4.78, 5) is 22.4. The van der Waals surface area contributed by atoms with Crippen LogP contribution in [0.4, 0.5) is 5.82 Å². The zero-order valence-corrected chi connectivity index (χ0v) is 10.4. The Morgan fingerprint density at radius 3 is 2.58 bits per heavy atom. The molecule has 1 aromatic heterocycles. The number of hydrogen-bond donors (Lipinski definition) is 0. The van der Waals surface area contributed by atoms with Crippen LogP contribution in [0.5, 0.6) is 0 Å². The molecule has 6 nitrogen and oxygen atoms in total. The van der Waals surface area contributed by atoms with Crippen molar-refractivity contribution in [3.8, 4) is 0 Å². The second-order valence-corrected chi connectivity index (χ2v) is 4.07. The third-order valence-corrected chi connectivity index (χ3v) is 2.85. The molecule has 1 unspecified atom stereocenters. The second kappa shape index (κ2) is 5.43. The highest BCUT2D eigenvalue weighted by Crippen LogP contribution is 2.19. The van der Waals surface area contributed by atoms with Crippen LogP contribution in [-0.4, -0.2) is 20.5 Å². The third kappa shape index (κ3) is 2.67. The maximum Gasteiger partial charge on any atom is 0.389 e. The summed E-state index contributed by atoms with van der Waals surface area (Å²) in [5.41, 5.74) is 0.576. The first kappa shape index (κ1) is 12.9. The van der Waals surface area contributed by atoms with E-state index in [0.29, 0.717) is 12.0 Å². The van der Waals surface area contributed by atoms with E-state index in [0.717, 1.165) is 0 Å². The lowest BCUT2D eigenvalue weighted by atomic mass is 10.0. The molecule has 0 saturated heterocycles. The molecule has 0 amide bonds. The highest BCUT2D eigenvalue weighted by Gasteiger charge is 2.24. The van der Waals surface area contributed by atoms with Crippen molar-refractivity contribution in [1.29, 1.82) is 0 Å². The van der Waals surface area contributed by atoms with Crippen LogP contribution in [0.15, 0.2) is 42.6 Å². The summed E-state index contributed by atoms with van der Waals surface area (Å²) < 4.78 is 1.35. The number of nitrogens with zero attached hydrogens (tertiary/aromatic N) is 3. The van der Waals surface area contributed by atoms with Gasteiger partial charge in [0.1, 0.15) is 6.04 Å². The zero-order valence-electron chi connectivity index (χ0n) is 10.4. The van der Waals surface area contributed by atoms with Crippen LogP contribution in [0.1, 0.15) is 29.7 Å². The van der Waals surface area contributed by atoms with Crippen molar-refractivity contribution >= 4 is 11.6 Å². The normalized spacial score (nSPS) is 12.1. The Morgan fingerprint density at radius 2 is 2.05 bits per heavy atom. The molecule has 1 aromatic carbocycles. The monoisotopic (exact) mass is 259 g/mol. The van der Waals surface area contributed by atoms with Gasteiger partial charge in [-0.3, -0.25) is 4.79 Å². The van der Waals surface area contributed by atoms with Gasteiger partial charge in [0.25, 0.3) is 0 Å². The topological polar surface area (TPSA) is 78.0 Å². The lowest BCUT2D eigenvalue weighted by molar-refractivity contribution is -0.389. The summed E-state index contributed by atoms with van der Waals surface area (Å²) in [5, 5.41) is 14.4. The molecule has 0 aliphatic rings. The number of carbonyl (C=O) groups is 1. The van der Waals surface area contributed by atoms with Crippen LogP contribution in [0.25, 0.3) is 0 Å². The van der Waals surface area contributed by atoms with Crippen molar-refractivity contribution in [3.05, 3.63) is 58.3 Å². The highest BCUT2D eigenvalue weighted by atomic mass is 16.6. The first-order chi connectivity index (χ1) is 9.13. The maximum atomic E-state index is 12.3. The second-order valence-electron chi connectivity index (χ2n) is 4.07. The summed E-state index contributed by atoms with van der Waals surface area (Å²) in [6, 6.07) is 9.62. The molecule has 1 atom stereocenters. The molecule has 0 aliphatic carbocycles. The molecule has 0 fully saturated rings. The van der Waals surface area contributed by atoms with E-state index in [9.17, 15) is 14.9 Å². The van der Waals surface area contributed by atoms with Gasteiger partial charge in [-0.15, -0.1) is 0 Å². The Labute approximate surface area is 109 Å². The molecule has 0 N–H and O–H groups in total. The first-order valence-corrected chi connectivity index (χ1v) is 5.92. The molecule has 2 aromatic rings. The van der Waals surface area contributed by atoms with E-state index in [1.807, 2.05) is 13.0 Å². The van der Waals surface area contributed by atoms with Crippen LogP contribution in [0.2, 0.25) is 0 Å². The van der Waals surface area contributed by atoms with Gasteiger partial charge in [0.15, 0.2) is 5.78 Å². The maximum absolute atomic E-state index is 12.3. The minimum Gasteiger partial charge on any atom is -0.358 e. The number of Topliss-reactive ketones (excluding diaryl/α,β-unsaturated/α-hetero) is 1. The molecule has 98 valence electrons. The summed E-state index contributed by atoms with van der Waals surface area (Å²) in [6.07, 6.45) is 1.99. The Hall–Kier alpha value is -2.50. The highest BCUT2D eigenvalue weighted by molar-refractivity contribution is 5.98. The number of nitro groups is 1. The van der Waals surface area contributed by atoms with E-state index >= 15 is 0 Å². The number of carbonyl (C=O) groups excluding carboxylic acids is 1. The average molecular weight is 259 g/mol. The van der Waals surface area contributed by atoms with Gasteiger partial charge in [0, 0.05) is 5.56 Å². The van der Waals surface area contributed by atoms with E-state index in [1.54, 1.807) is 24.3 Å². The van der Waals surface area contributed by atoms with Crippen LogP contribution < -0.4 is 0 Å². The Bertz CT molecular complexity index is 592. The zero-order chi connectivity index (χ0) is 13.8. The molecular formula is C13H13N3O3. The van der Waals surface area contributed by atoms with E-state index < -0.39 is 11.0 Å². The third-order valence-electron chi connectivity index (χ3n) is 2.85. The van der Waals surface area contributed by atoms with E-state index in [4.69, 9.17) is 0 Å². The van der Waals surface area contributed by atoms with E-state index in [2.05, 4.69) is 5.10 Å². The predicted molar refractivity (Wildman–Crippen MR) is 69.0 cm³/mol. The molecule has 1 heterocycles. The number of hydrogen-bond acceptors (Lipinski definition) is 4. The molecule has 0 saturated carbocycles.